The van der Waals surface area contributed by atoms with Crippen LogP contribution >= 0.6 is 0 Å². The number of piperidine rings is 1. The number of halogens is 3. The molecule has 5 rings (SSSR count). The van der Waals surface area contributed by atoms with Gasteiger partial charge in [0.15, 0.2) is 0 Å². The SMILES string of the molecule is Cc1ccc(-c2ccnc(C(F)(F)F)c2)cc1-c1cnc2c(c1)N1CCCCC1CC2N. The van der Waals surface area contributed by atoms with Crippen molar-refractivity contribution >= 4 is 5.69 Å². The van der Waals surface area contributed by atoms with E-state index in [1.54, 1.807) is 6.07 Å². The molecule has 0 aliphatic carbocycles. The summed E-state index contributed by atoms with van der Waals surface area (Å²) >= 11 is 0. The second-order valence-electron chi connectivity index (χ2n) is 8.77. The van der Waals surface area contributed by atoms with Gasteiger partial charge in [0.1, 0.15) is 5.69 Å². The van der Waals surface area contributed by atoms with Gasteiger partial charge in [0, 0.05) is 30.5 Å². The number of pyridine rings is 2. The Labute approximate surface area is 185 Å². The van der Waals surface area contributed by atoms with E-state index in [9.17, 15) is 13.2 Å². The molecule has 2 N–H and O–H groups in total. The third kappa shape index (κ3) is 3.75. The molecule has 166 valence electrons. The molecule has 7 heteroatoms. The molecular formula is C25H25F3N4. The van der Waals surface area contributed by atoms with E-state index in [2.05, 4.69) is 16.0 Å². The third-order valence-electron chi connectivity index (χ3n) is 6.64. The van der Waals surface area contributed by atoms with Gasteiger partial charge in [-0.05, 0) is 79.1 Å². The van der Waals surface area contributed by atoms with Gasteiger partial charge in [0.25, 0.3) is 0 Å². The average Bonchev–Trinajstić information content (AvgIpc) is 2.79. The highest BCUT2D eigenvalue weighted by atomic mass is 19.4. The molecule has 2 aliphatic rings. The molecule has 2 aliphatic heterocycles. The lowest BCUT2D eigenvalue weighted by atomic mass is 9.88. The maximum Gasteiger partial charge on any atom is 0.433 e. The van der Waals surface area contributed by atoms with Crippen LogP contribution < -0.4 is 10.6 Å². The molecule has 4 nitrogen and oxygen atoms in total. The largest absolute Gasteiger partial charge is 0.433 e. The number of benzene rings is 1. The second-order valence-corrected chi connectivity index (χ2v) is 8.77. The van der Waals surface area contributed by atoms with Gasteiger partial charge in [-0.2, -0.15) is 13.2 Å². The standard InChI is InChI=1S/C25H25F3N4/c1-15-5-6-16(17-7-8-30-23(12-17)25(26,27)28)10-20(15)18-11-22-24(31-14-18)21(29)13-19-4-2-3-9-32(19)22/h5-8,10-12,14,19,21H,2-4,9,13,29H2,1H3. The van der Waals surface area contributed by atoms with Crippen molar-refractivity contribution in [3.63, 3.8) is 0 Å². The van der Waals surface area contributed by atoms with Crippen molar-refractivity contribution in [3.8, 4) is 22.3 Å². The molecule has 4 heterocycles. The number of alkyl halides is 3. The Morgan fingerprint density at radius 2 is 1.81 bits per heavy atom. The Bertz CT molecular complexity index is 1160. The van der Waals surface area contributed by atoms with E-state index in [0.29, 0.717) is 17.2 Å². The second kappa shape index (κ2) is 7.89. The van der Waals surface area contributed by atoms with Crippen LogP contribution in [0.4, 0.5) is 18.9 Å². The molecule has 0 radical (unpaired) electrons. The van der Waals surface area contributed by atoms with E-state index in [1.165, 1.54) is 12.6 Å². The fraction of sp³-hybridized carbons (Fsp3) is 0.360. The zero-order valence-corrected chi connectivity index (χ0v) is 17.9. The zero-order valence-electron chi connectivity index (χ0n) is 17.9. The van der Waals surface area contributed by atoms with Crippen molar-refractivity contribution in [1.82, 2.24) is 9.97 Å². The highest BCUT2D eigenvalue weighted by molar-refractivity contribution is 5.77. The Morgan fingerprint density at radius 3 is 2.62 bits per heavy atom. The molecule has 2 atom stereocenters. The van der Waals surface area contributed by atoms with Crippen LogP contribution in [0.25, 0.3) is 22.3 Å². The molecule has 0 bridgehead atoms. The van der Waals surface area contributed by atoms with E-state index >= 15 is 0 Å². The van der Waals surface area contributed by atoms with Crippen molar-refractivity contribution in [2.24, 2.45) is 5.73 Å². The van der Waals surface area contributed by atoms with Crippen LogP contribution in [0.5, 0.6) is 0 Å². The molecule has 2 unspecified atom stereocenters. The van der Waals surface area contributed by atoms with E-state index in [1.807, 2.05) is 31.3 Å². The summed E-state index contributed by atoms with van der Waals surface area (Å²) in [7, 11) is 0. The first-order valence-corrected chi connectivity index (χ1v) is 11.0. The van der Waals surface area contributed by atoms with Gasteiger partial charge in [-0.3, -0.25) is 9.97 Å². The fourth-order valence-corrected chi connectivity index (χ4v) is 4.97. The van der Waals surface area contributed by atoms with Crippen LogP contribution in [0, 0.1) is 6.92 Å². The minimum atomic E-state index is -4.48. The van der Waals surface area contributed by atoms with Crippen LogP contribution in [0.15, 0.2) is 48.8 Å². The number of fused-ring (bicyclic) bond motifs is 3. The average molecular weight is 438 g/mol. The number of hydrogen-bond donors (Lipinski definition) is 1. The Morgan fingerprint density at radius 1 is 1.00 bits per heavy atom. The van der Waals surface area contributed by atoms with E-state index in [-0.39, 0.29) is 6.04 Å². The summed E-state index contributed by atoms with van der Waals surface area (Å²) in [4.78, 5) is 10.6. The smallest absolute Gasteiger partial charge is 0.367 e. The van der Waals surface area contributed by atoms with Crippen molar-refractivity contribution in [2.75, 3.05) is 11.4 Å². The Hall–Kier alpha value is -2.93. The maximum absolute atomic E-state index is 13.1. The van der Waals surface area contributed by atoms with Crippen molar-refractivity contribution in [2.45, 2.75) is 50.9 Å². The molecule has 2 aromatic heterocycles. The number of nitrogens with two attached hydrogens (primary N) is 1. The van der Waals surface area contributed by atoms with Crippen LogP contribution in [-0.2, 0) is 6.18 Å². The number of aryl methyl sites for hydroxylation is 1. The van der Waals surface area contributed by atoms with Gasteiger partial charge in [0.2, 0.25) is 0 Å². The summed E-state index contributed by atoms with van der Waals surface area (Å²) in [6.45, 7) is 3.01. The number of aromatic nitrogens is 2. The lowest BCUT2D eigenvalue weighted by Crippen LogP contribution is -2.45. The summed E-state index contributed by atoms with van der Waals surface area (Å²) in [5, 5.41) is 0. The number of nitrogens with zero attached hydrogens (tertiary/aromatic N) is 3. The minimum absolute atomic E-state index is 0.0663. The van der Waals surface area contributed by atoms with Gasteiger partial charge < -0.3 is 10.6 Å². The molecule has 1 fully saturated rings. The number of hydrogen-bond acceptors (Lipinski definition) is 4. The molecule has 1 saturated heterocycles. The van der Waals surface area contributed by atoms with Gasteiger partial charge in [0.05, 0.1) is 17.4 Å². The quantitative estimate of drug-likeness (QED) is 0.541. The van der Waals surface area contributed by atoms with Crippen LogP contribution in [-0.4, -0.2) is 22.6 Å². The zero-order chi connectivity index (χ0) is 22.5. The minimum Gasteiger partial charge on any atom is -0.367 e. The highest BCUT2D eigenvalue weighted by Gasteiger charge is 2.34. The van der Waals surface area contributed by atoms with E-state index in [0.717, 1.165) is 59.9 Å². The number of rotatable bonds is 2. The Kier molecular flexibility index (Phi) is 5.16. The lowest BCUT2D eigenvalue weighted by Gasteiger charge is -2.43. The summed E-state index contributed by atoms with van der Waals surface area (Å²) < 4.78 is 39.4. The number of anilines is 1. The predicted octanol–water partition coefficient (Wildman–Crippen LogP) is 5.90. The topological polar surface area (TPSA) is 55.0 Å². The molecular weight excluding hydrogens is 413 g/mol. The molecule has 0 spiro atoms. The first-order chi connectivity index (χ1) is 15.3. The van der Waals surface area contributed by atoms with Gasteiger partial charge in [-0.1, -0.05) is 12.1 Å². The monoisotopic (exact) mass is 438 g/mol. The van der Waals surface area contributed by atoms with Crippen LogP contribution in [0.1, 0.15) is 48.7 Å². The van der Waals surface area contributed by atoms with Gasteiger partial charge in [-0.15, -0.1) is 0 Å². The summed E-state index contributed by atoms with van der Waals surface area (Å²) in [5.41, 5.74) is 11.7. The molecule has 1 aromatic carbocycles. The van der Waals surface area contributed by atoms with Crippen molar-refractivity contribution < 1.29 is 13.2 Å². The first kappa shape index (κ1) is 20.9. The summed E-state index contributed by atoms with van der Waals surface area (Å²) in [6.07, 6.45) is 3.03. The molecule has 32 heavy (non-hydrogen) atoms. The maximum atomic E-state index is 13.1. The molecule has 0 saturated carbocycles. The lowest BCUT2D eigenvalue weighted by molar-refractivity contribution is -0.141. The van der Waals surface area contributed by atoms with Crippen molar-refractivity contribution in [1.29, 1.82) is 0 Å². The fourth-order valence-electron chi connectivity index (χ4n) is 4.97. The summed E-state index contributed by atoms with van der Waals surface area (Å²) in [5.74, 6) is 0. The third-order valence-corrected chi connectivity index (χ3v) is 6.64. The molecule has 3 aromatic rings. The van der Waals surface area contributed by atoms with Crippen molar-refractivity contribution in [3.05, 3.63) is 65.7 Å². The normalized spacial score (nSPS) is 20.6. The van der Waals surface area contributed by atoms with Gasteiger partial charge in [-0.25, -0.2) is 0 Å². The van der Waals surface area contributed by atoms with Gasteiger partial charge >= 0.3 is 6.18 Å². The van der Waals surface area contributed by atoms with Crippen LogP contribution in [0.3, 0.4) is 0 Å². The summed E-state index contributed by atoms with van der Waals surface area (Å²) in [6, 6.07) is 11.0. The molecule has 0 amide bonds. The Balaban J connectivity index is 1.57. The van der Waals surface area contributed by atoms with Crippen LogP contribution in [0.2, 0.25) is 0 Å². The van der Waals surface area contributed by atoms with E-state index < -0.39 is 11.9 Å². The highest BCUT2D eigenvalue weighted by Crippen LogP contribution is 2.41. The predicted molar refractivity (Wildman–Crippen MR) is 119 cm³/mol. The van der Waals surface area contributed by atoms with E-state index in [4.69, 9.17) is 10.7 Å². The first-order valence-electron chi connectivity index (χ1n) is 11.0.